The molecule has 2 bridgehead atoms. The molecule has 2 rings (SSSR count). The molecule has 0 aliphatic carbocycles. The van der Waals surface area contributed by atoms with Crippen LogP contribution in [0.4, 0.5) is 0 Å². The predicted octanol–water partition coefficient (Wildman–Crippen LogP) is 0.259. The maximum Gasteiger partial charge on any atom is 0.246 e. The van der Waals surface area contributed by atoms with E-state index in [0.29, 0.717) is 0 Å². The lowest BCUT2D eigenvalue weighted by Gasteiger charge is -2.34. The summed E-state index contributed by atoms with van der Waals surface area (Å²) in [6, 6.07) is -3.82. The van der Waals surface area contributed by atoms with Gasteiger partial charge in [-0.2, -0.15) is 0 Å². The molecule has 46 heavy (non-hydrogen) atoms. The van der Waals surface area contributed by atoms with Crippen molar-refractivity contribution in [1.82, 2.24) is 30.2 Å². The van der Waals surface area contributed by atoms with Gasteiger partial charge in [0.15, 0.2) is 0 Å². The molecule has 18 heteroatoms. The Morgan fingerprint density at radius 3 is 1.20 bits per heavy atom. The Labute approximate surface area is 289 Å². The SMILES string of the molecule is C[C@@H]1CSC(=O)[C@H](C)N(C)C(=O)[C@@H]2CSSC[C@@H](C(=O)N(C)[C@@H](C)C(=O)SC[C@@H](C)C(=O)NCC(=O)N2C)N(C)C(=O)CNC1=O.[2HH].[2HH]. The highest BCUT2D eigenvalue weighted by atomic mass is 33.1. The van der Waals surface area contributed by atoms with Crippen molar-refractivity contribution >= 4 is 90.8 Å². The van der Waals surface area contributed by atoms with Gasteiger partial charge in [-0.25, -0.2) is 0 Å². The van der Waals surface area contributed by atoms with Crippen LogP contribution in [0.3, 0.4) is 0 Å². The van der Waals surface area contributed by atoms with Crippen LogP contribution in [0.15, 0.2) is 0 Å². The minimum atomic E-state index is -1.03. The van der Waals surface area contributed by atoms with E-state index in [-0.39, 0.29) is 49.2 Å². The number of amides is 6. The number of hydrogen-bond donors (Lipinski definition) is 2. The standard InChI is InChI=1S/C28H44N6O8S4.2H2/c1-15-11-43-27(41)17(3)31(5)25(39)20-14-46-45-13-19(33(7)21(35)9-29-23(15)37)26(40)32(6)18(4)28(42)44-12-16(2)24(38)30-10-22(36)34(20)8;;/h15-20H,9-14H2,1-8H3,(H,29,37)(H,30,38);2*1H/t15-,16-,17+,18+,19+,20+;;/m1../s1/i;2*1+1. The van der Waals surface area contributed by atoms with Crippen molar-refractivity contribution in [3.63, 3.8) is 0 Å². The van der Waals surface area contributed by atoms with Crippen molar-refractivity contribution in [3.05, 3.63) is 0 Å². The first kappa shape index (κ1) is 39.7. The summed E-state index contributed by atoms with van der Waals surface area (Å²) in [5.74, 6) is -3.94. The second-order valence-corrected chi connectivity index (χ2v) is 16.0. The summed E-state index contributed by atoms with van der Waals surface area (Å²) in [7, 11) is 8.21. The van der Waals surface area contributed by atoms with E-state index in [1.807, 2.05) is 0 Å². The Kier molecular flexibility index (Phi) is 15.7. The highest BCUT2D eigenvalue weighted by Gasteiger charge is 2.36. The Hall–Kier alpha value is -2.44. The van der Waals surface area contributed by atoms with Crippen LogP contribution in [0.25, 0.3) is 0 Å². The number of likely N-dealkylation sites (N-methyl/N-ethyl adjacent to an activating group) is 4. The van der Waals surface area contributed by atoms with Crippen LogP contribution in [0, 0.1) is 11.8 Å². The average Bonchev–Trinajstić information content (AvgIpc) is 3.04. The number of nitrogens with one attached hydrogen (secondary N) is 2. The number of nitrogens with zero attached hydrogens (tertiary/aromatic N) is 4. The van der Waals surface area contributed by atoms with Crippen LogP contribution < -0.4 is 10.6 Å². The van der Waals surface area contributed by atoms with Gasteiger partial charge >= 0.3 is 0 Å². The molecule has 2 saturated heterocycles. The van der Waals surface area contributed by atoms with Gasteiger partial charge in [-0.05, 0) is 13.8 Å². The number of thioether (sulfide) groups is 2. The Bertz CT molecular complexity index is 1130. The van der Waals surface area contributed by atoms with E-state index in [0.717, 1.165) is 23.5 Å². The van der Waals surface area contributed by atoms with Gasteiger partial charge in [-0.3, -0.25) is 38.4 Å². The monoisotopic (exact) mass is 726 g/mol. The Morgan fingerprint density at radius 1 is 0.543 bits per heavy atom. The molecule has 0 saturated carbocycles. The Balaban J connectivity index is 0.0000110. The average molecular weight is 727 g/mol. The fourth-order valence-electron chi connectivity index (χ4n) is 4.17. The van der Waals surface area contributed by atoms with Crippen LogP contribution >= 0.6 is 45.1 Å². The summed E-state index contributed by atoms with van der Waals surface area (Å²) in [5, 5.41) is 4.46. The first-order valence-electron chi connectivity index (χ1n) is 14.7. The molecule has 2 fully saturated rings. The van der Waals surface area contributed by atoms with Gasteiger partial charge in [0, 0.05) is 65.9 Å². The lowest BCUT2D eigenvalue weighted by molar-refractivity contribution is -0.145. The van der Waals surface area contributed by atoms with Crippen molar-refractivity contribution in [1.29, 1.82) is 0 Å². The van der Waals surface area contributed by atoms with E-state index >= 15 is 0 Å². The van der Waals surface area contributed by atoms with Crippen LogP contribution in [0.1, 0.15) is 30.5 Å². The molecule has 2 heterocycles. The molecule has 0 radical (unpaired) electrons. The summed E-state index contributed by atoms with van der Waals surface area (Å²) in [6.45, 7) is 5.59. The van der Waals surface area contributed by atoms with Crippen molar-refractivity contribution in [2.75, 3.05) is 64.3 Å². The second kappa shape index (κ2) is 18.2. The van der Waals surface area contributed by atoms with Crippen molar-refractivity contribution in [2.45, 2.75) is 51.9 Å². The summed E-state index contributed by atoms with van der Waals surface area (Å²) < 4.78 is 0. The molecule has 0 spiro atoms. The van der Waals surface area contributed by atoms with Crippen molar-refractivity contribution in [3.8, 4) is 0 Å². The van der Waals surface area contributed by atoms with Crippen molar-refractivity contribution < 1.29 is 41.2 Å². The first-order chi connectivity index (χ1) is 21.5. The van der Waals surface area contributed by atoms with Crippen molar-refractivity contribution in [2.24, 2.45) is 11.8 Å². The van der Waals surface area contributed by atoms with Crippen LogP contribution in [-0.2, 0) is 38.4 Å². The van der Waals surface area contributed by atoms with Crippen LogP contribution in [-0.4, -0.2) is 154 Å². The minimum absolute atomic E-state index is 0. The third kappa shape index (κ3) is 10.5. The maximum atomic E-state index is 13.8. The third-order valence-electron chi connectivity index (χ3n) is 8.04. The van der Waals surface area contributed by atoms with E-state index < -0.39 is 71.4 Å². The fraction of sp³-hybridized carbons (Fsp3) is 0.714. The number of rotatable bonds is 0. The number of carbonyl (C=O) groups is 8. The molecule has 6 amide bonds. The first-order valence-corrected chi connectivity index (χ1v) is 19.1. The summed E-state index contributed by atoms with van der Waals surface area (Å²) in [4.78, 5) is 110. The second-order valence-electron chi connectivity index (χ2n) is 11.4. The quantitative estimate of drug-likeness (QED) is 0.327. The maximum absolute atomic E-state index is 13.8. The zero-order valence-electron chi connectivity index (χ0n) is 27.4. The summed E-state index contributed by atoms with van der Waals surface area (Å²) >= 11 is 1.78. The summed E-state index contributed by atoms with van der Waals surface area (Å²) in [6.07, 6.45) is 0. The fourth-order valence-corrected chi connectivity index (χ4v) is 8.63. The highest BCUT2D eigenvalue weighted by molar-refractivity contribution is 8.76. The molecule has 2 aliphatic heterocycles. The highest BCUT2D eigenvalue weighted by Crippen LogP contribution is 2.28. The molecule has 14 nitrogen and oxygen atoms in total. The molecular weight excluding hydrogens is 677 g/mol. The molecule has 0 aromatic rings. The normalized spacial score (nSPS) is 30.3. The van der Waals surface area contributed by atoms with Crippen LogP contribution in [0.2, 0.25) is 0 Å². The van der Waals surface area contributed by atoms with E-state index in [2.05, 4.69) is 10.6 Å². The molecule has 6 atom stereocenters. The molecule has 0 unspecified atom stereocenters. The van der Waals surface area contributed by atoms with E-state index in [1.165, 1.54) is 69.4 Å². The molecular formula is C28H48N6O8S4. The van der Waals surface area contributed by atoms with E-state index in [4.69, 9.17) is 0 Å². The zero-order valence-corrected chi connectivity index (χ0v) is 30.7. The van der Waals surface area contributed by atoms with Gasteiger partial charge in [0.05, 0.1) is 25.2 Å². The number of carbonyl (C=O) groups excluding carboxylic acids is 8. The number of fused-ring (bicyclic) bond motifs is 5. The van der Waals surface area contributed by atoms with E-state index in [1.54, 1.807) is 27.7 Å². The number of hydrogen-bond acceptors (Lipinski definition) is 12. The lowest BCUT2D eigenvalue weighted by Crippen LogP contribution is -2.55. The van der Waals surface area contributed by atoms with Crippen LogP contribution in [0.5, 0.6) is 0 Å². The topological polar surface area (TPSA) is 174 Å². The molecule has 2 N–H and O–H groups in total. The smallest absolute Gasteiger partial charge is 0.246 e. The molecule has 0 aromatic heterocycles. The molecule has 2 aliphatic rings. The summed E-state index contributed by atoms with van der Waals surface area (Å²) in [5.41, 5.74) is 0. The van der Waals surface area contributed by atoms with Gasteiger partial charge < -0.3 is 30.2 Å². The predicted molar refractivity (Wildman–Crippen MR) is 186 cm³/mol. The molecule has 262 valence electrons. The third-order valence-corrected chi connectivity index (χ3v) is 13.0. The lowest BCUT2D eigenvalue weighted by atomic mass is 10.2. The van der Waals surface area contributed by atoms with Gasteiger partial charge in [-0.1, -0.05) is 59.0 Å². The Morgan fingerprint density at radius 2 is 0.870 bits per heavy atom. The zero-order chi connectivity index (χ0) is 34.9. The van der Waals surface area contributed by atoms with Gasteiger partial charge in [0.25, 0.3) is 0 Å². The largest absolute Gasteiger partial charge is 0.347 e. The minimum Gasteiger partial charge on any atom is -0.347 e. The van der Waals surface area contributed by atoms with E-state index in [9.17, 15) is 38.4 Å². The molecule has 0 aromatic carbocycles. The van der Waals surface area contributed by atoms with Gasteiger partial charge in [-0.15, -0.1) is 0 Å². The van der Waals surface area contributed by atoms with Gasteiger partial charge in [0.2, 0.25) is 45.7 Å². The van der Waals surface area contributed by atoms with Gasteiger partial charge in [0.1, 0.15) is 12.1 Å².